The van der Waals surface area contributed by atoms with Crippen LogP contribution in [0.3, 0.4) is 0 Å². The number of nitrogens with zero attached hydrogens (tertiary/aromatic N) is 2. The second-order valence-electron chi connectivity index (χ2n) is 9.81. The smallest absolute Gasteiger partial charge is 0.258 e. The summed E-state index contributed by atoms with van der Waals surface area (Å²) in [7, 11) is 1.50. The number of ether oxygens (including phenoxy) is 1. The topological polar surface area (TPSA) is 61.9 Å². The Balaban J connectivity index is 1.43. The van der Waals surface area contributed by atoms with Gasteiger partial charge in [-0.05, 0) is 49.9 Å². The lowest BCUT2D eigenvalue weighted by molar-refractivity contribution is -0.140. The molecule has 0 radical (unpaired) electrons. The number of methoxy groups -OCH3 is 1. The number of carbonyl (C=O) groups is 2. The quantitative estimate of drug-likeness (QED) is 0.624. The van der Waals surface area contributed by atoms with Gasteiger partial charge in [0.2, 0.25) is 5.91 Å². The zero-order valence-corrected chi connectivity index (χ0v) is 20.9. The Bertz CT molecular complexity index is 1040. The second kappa shape index (κ2) is 11.3. The van der Waals surface area contributed by atoms with Gasteiger partial charge in [-0.25, -0.2) is 4.39 Å². The van der Waals surface area contributed by atoms with E-state index >= 15 is 0 Å². The van der Waals surface area contributed by atoms with Crippen LogP contribution in [0, 0.1) is 18.7 Å². The summed E-state index contributed by atoms with van der Waals surface area (Å²) in [6, 6.07) is 12.4. The molecular formula is C28H36FN3O3. The molecule has 1 N–H and O–H groups in total. The number of nitrogens with one attached hydrogen (secondary N) is 1. The lowest BCUT2D eigenvalue weighted by Crippen LogP contribution is -2.54. The van der Waals surface area contributed by atoms with Gasteiger partial charge in [0.15, 0.2) is 6.10 Å². The van der Waals surface area contributed by atoms with E-state index in [2.05, 4.69) is 17.1 Å². The molecule has 1 saturated carbocycles. The van der Waals surface area contributed by atoms with Crippen LogP contribution in [0.4, 0.5) is 10.1 Å². The molecule has 2 aliphatic rings. The average molecular weight is 482 g/mol. The third-order valence-electron chi connectivity index (χ3n) is 7.46. The lowest BCUT2D eigenvalue weighted by atomic mass is 10.0. The molecule has 2 fully saturated rings. The fraction of sp³-hybridized carbons (Fsp3) is 0.500. The van der Waals surface area contributed by atoms with Crippen molar-refractivity contribution in [3.8, 4) is 0 Å². The Hall–Kier alpha value is -2.77. The summed E-state index contributed by atoms with van der Waals surface area (Å²) >= 11 is 0. The molecule has 6 nitrogen and oxygen atoms in total. The summed E-state index contributed by atoms with van der Waals surface area (Å²) in [5.41, 5.74) is 2.61. The third-order valence-corrected chi connectivity index (χ3v) is 7.46. The number of hydrogen-bond acceptors (Lipinski definition) is 4. The van der Waals surface area contributed by atoms with Crippen molar-refractivity contribution in [3.05, 3.63) is 65.0 Å². The predicted molar refractivity (Wildman–Crippen MR) is 134 cm³/mol. The van der Waals surface area contributed by atoms with Gasteiger partial charge in [-0.3, -0.25) is 14.5 Å². The molecule has 2 atom stereocenters. The molecule has 0 bridgehead atoms. The molecule has 0 spiro atoms. The number of piperazine rings is 1. The van der Waals surface area contributed by atoms with Gasteiger partial charge in [-0.1, -0.05) is 43.2 Å². The summed E-state index contributed by atoms with van der Waals surface area (Å²) in [5.74, 6) is -0.125. The van der Waals surface area contributed by atoms with E-state index in [4.69, 9.17) is 4.74 Å². The van der Waals surface area contributed by atoms with Crippen molar-refractivity contribution in [1.82, 2.24) is 9.80 Å². The van der Waals surface area contributed by atoms with Crippen LogP contribution in [0.5, 0.6) is 0 Å². The van der Waals surface area contributed by atoms with E-state index in [1.165, 1.54) is 13.2 Å². The van der Waals surface area contributed by atoms with Crippen molar-refractivity contribution in [3.63, 3.8) is 0 Å². The highest BCUT2D eigenvalue weighted by Crippen LogP contribution is 2.29. The first-order valence-electron chi connectivity index (χ1n) is 12.6. The zero-order valence-electron chi connectivity index (χ0n) is 20.9. The Kier molecular flexibility index (Phi) is 8.19. The van der Waals surface area contributed by atoms with Crippen LogP contribution in [0.15, 0.2) is 42.5 Å². The summed E-state index contributed by atoms with van der Waals surface area (Å²) in [4.78, 5) is 30.1. The highest BCUT2D eigenvalue weighted by Gasteiger charge is 2.33. The largest absolute Gasteiger partial charge is 0.367 e. The lowest BCUT2D eigenvalue weighted by Gasteiger charge is -2.41. The predicted octanol–water partition coefficient (Wildman–Crippen LogP) is 4.68. The normalized spacial score (nSPS) is 20.1. The van der Waals surface area contributed by atoms with Crippen LogP contribution >= 0.6 is 0 Å². The van der Waals surface area contributed by atoms with Crippen molar-refractivity contribution in [2.75, 3.05) is 32.1 Å². The number of hydrogen-bond donors (Lipinski definition) is 1. The molecule has 35 heavy (non-hydrogen) atoms. The van der Waals surface area contributed by atoms with Crippen LogP contribution in [-0.4, -0.2) is 54.4 Å². The number of rotatable bonds is 7. The van der Waals surface area contributed by atoms with E-state index in [1.54, 1.807) is 6.07 Å². The summed E-state index contributed by atoms with van der Waals surface area (Å²) < 4.78 is 20.3. The summed E-state index contributed by atoms with van der Waals surface area (Å²) in [6.07, 6.45) is 3.54. The van der Waals surface area contributed by atoms with E-state index < -0.39 is 6.10 Å². The van der Waals surface area contributed by atoms with E-state index in [0.29, 0.717) is 43.0 Å². The van der Waals surface area contributed by atoms with E-state index in [0.717, 1.165) is 31.2 Å². The van der Waals surface area contributed by atoms with Crippen LogP contribution in [0.2, 0.25) is 0 Å². The molecule has 7 heteroatoms. The number of anilines is 1. The van der Waals surface area contributed by atoms with Crippen LogP contribution in [0.25, 0.3) is 0 Å². The maximum Gasteiger partial charge on any atom is 0.258 e. The molecule has 188 valence electrons. The maximum absolute atomic E-state index is 14.9. The van der Waals surface area contributed by atoms with Crippen LogP contribution in [-0.2, 0) is 20.9 Å². The Morgan fingerprint density at radius 1 is 1.11 bits per heavy atom. The van der Waals surface area contributed by atoms with Crippen LogP contribution in [0.1, 0.15) is 55.4 Å². The van der Waals surface area contributed by atoms with Gasteiger partial charge >= 0.3 is 0 Å². The molecule has 0 aromatic heterocycles. The first kappa shape index (κ1) is 25.3. The number of carbonyl (C=O) groups excluding carboxylic acids is 2. The van der Waals surface area contributed by atoms with Gasteiger partial charge in [0.1, 0.15) is 5.82 Å². The minimum absolute atomic E-state index is 0.0939. The molecule has 1 heterocycles. The van der Waals surface area contributed by atoms with Gasteiger partial charge in [-0.15, -0.1) is 0 Å². The molecule has 2 aromatic carbocycles. The fourth-order valence-electron chi connectivity index (χ4n) is 5.41. The first-order valence-corrected chi connectivity index (χ1v) is 12.6. The first-order chi connectivity index (χ1) is 16.9. The SMILES string of the molecule is CO[C@H](C(=O)Nc1ccc(F)c(CN2CCN(C(=O)C3CCCC3)[C@@H](C)C2)c1C)c1ccccc1. The van der Waals surface area contributed by atoms with Crippen molar-refractivity contribution in [2.24, 2.45) is 5.92 Å². The van der Waals surface area contributed by atoms with Gasteiger partial charge in [0.05, 0.1) is 0 Å². The van der Waals surface area contributed by atoms with Gasteiger partial charge in [0.25, 0.3) is 5.91 Å². The molecule has 4 rings (SSSR count). The van der Waals surface area contributed by atoms with Crippen molar-refractivity contribution < 1.29 is 18.7 Å². The molecule has 2 amide bonds. The molecule has 1 aliphatic heterocycles. The monoisotopic (exact) mass is 481 g/mol. The van der Waals surface area contributed by atoms with Gasteiger partial charge < -0.3 is 15.0 Å². The number of benzene rings is 2. The minimum Gasteiger partial charge on any atom is -0.367 e. The fourth-order valence-corrected chi connectivity index (χ4v) is 5.41. The third kappa shape index (κ3) is 5.73. The Labute approximate surface area is 207 Å². The minimum atomic E-state index is -0.754. The maximum atomic E-state index is 14.9. The van der Waals surface area contributed by atoms with Gasteiger partial charge in [-0.2, -0.15) is 0 Å². The summed E-state index contributed by atoms with van der Waals surface area (Å²) in [6.45, 7) is 6.42. The molecule has 1 aliphatic carbocycles. The Morgan fingerprint density at radius 2 is 1.83 bits per heavy atom. The summed E-state index contributed by atoms with van der Waals surface area (Å²) in [5, 5.41) is 2.92. The van der Waals surface area contributed by atoms with Gasteiger partial charge in [0, 0.05) is 56.5 Å². The molecule has 0 unspecified atom stereocenters. The number of amides is 2. The molecule has 2 aromatic rings. The van der Waals surface area contributed by atoms with Crippen molar-refractivity contribution in [1.29, 1.82) is 0 Å². The van der Waals surface area contributed by atoms with E-state index in [9.17, 15) is 14.0 Å². The molecule has 1 saturated heterocycles. The average Bonchev–Trinajstić information content (AvgIpc) is 3.40. The Morgan fingerprint density at radius 3 is 2.49 bits per heavy atom. The highest BCUT2D eigenvalue weighted by atomic mass is 19.1. The number of halogens is 1. The van der Waals surface area contributed by atoms with Crippen molar-refractivity contribution >= 4 is 17.5 Å². The van der Waals surface area contributed by atoms with Crippen LogP contribution < -0.4 is 5.32 Å². The van der Waals surface area contributed by atoms with Crippen molar-refractivity contribution in [2.45, 2.75) is 58.2 Å². The van der Waals surface area contributed by atoms with E-state index in [-0.39, 0.29) is 29.6 Å². The van der Waals surface area contributed by atoms with E-state index in [1.807, 2.05) is 42.2 Å². The molecular weight excluding hydrogens is 445 g/mol. The zero-order chi connectivity index (χ0) is 24.9. The second-order valence-corrected chi connectivity index (χ2v) is 9.81. The highest BCUT2D eigenvalue weighted by molar-refractivity contribution is 5.95. The standard InChI is InChI=1S/C28H36FN3O3/c1-19-17-31(15-16-32(19)28(34)22-11-7-8-12-22)18-23-20(2)25(14-13-24(23)29)30-27(33)26(35-3)21-9-5-4-6-10-21/h4-6,9-10,13-14,19,22,26H,7-8,11-12,15-18H2,1-3H3,(H,30,33)/t19-,26-/m0/s1.